The topological polar surface area (TPSA) is 95.9 Å². The zero-order chi connectivity index (χ0) is 13.8. The van der Waals surface area contributed by atoms with Crippen molar-refractivity contribution in [1.29, 1.82) is 0 Å². The van der Waals surface area contributed by atoms with E-state index in [0.29, 0.717) is 10.9 Å². The molecule has 0 amide bonds. The highest BCUT2D eigenvalue weighted by atomic mass is 19.4. The maximum Gasteiger partial charge on any atom is 0.490 e. The molecule has 0 aliphatic rings. The zero-order valence-electron chi connectivity index (χ0n) is 8.60. The molecule has 0 spiro atoms. The summed E-state index contributed by atoms with van der Waals surface area (Å²) < 4.78 is 31.7. The van der Waals surface area contributed by atoms with E-state index in [-0.39, 0.29) is 5.56 Å². The first-order valence-corrected chi connectivity index (χ1v) is 4.40. The number of carboxylic acids is 1. The van der Waals surface area contributed by atoms with E-state index in [4.69, 9.17) is 9.90 Å². The summed E-state index contributed by atoms with van der Waals surface area (Å²) in [5.74, 6) is -2.76. The summed E-state index contributed by atoms with van der Waals surface area (Å²) in [4.78, 5) is 30.1. The fourth-order valence-corrected chi connectivity index (χ4v) is 0.921. The number of aliphatic carboxylic acids is 1. The largest absolute Gasteiger partial charge is 0.490 e. The van der Waals surface area contributed by atoms with Crippen LogP contribution in [0.4, 0.5) is 13.2 Å². The van der Waals surface area contributed by atoms with Gasteiger partial charge in [0.05, 0.1) is 10.9 Å². The normalized spacial score (nSPS) is 10.6. The Morgan fingerprint density at radius 3 is 2.50 bits per heavy atom. The SMILES string of the molecule is O=C(O)C(F)(F)F.O=c1[nH]ccc2ncncc12. The number of nitrogens with one attached hydrogen (secondary N) is 1. The van der Waals surface area contributed by atoms with Crippen LogP contribution in [0, 0.1) is 0 Å². The first-order chi connectivity index (χ1) is 8.32. The molecule has 2 N–H and O–H groups in total. The van der Waals surface area contributed by atoms with Crippen LogP contribution in [-0.4, -0.2) is 32.2 Å². The number of aromatic amines is 1. The van der Waals surface area contributed by atoms with E-state index in [9.17, 15) is 18.0 Å². The second-order valence-electron chi connectivity index (χ2n) is 2.93. The number of fused-ring (bicyclic) bond motifs is 1. The molecule has 0 aliphatic heterocycles. The second-order valence-corrected chi connectivity index (χ2v) is 2.93. The number of carbonyl (C=O) groups is 1. The summed E-state index contributed by atoms with van der Waals surface area (Å²) >= 11 is 0. The molecule has 0 saturated heterocycles. The van der Waals surface area contributed by atoms with Crippen molar-refractivity contribution >= 4 is 16.9 Å². The smallest absolute Gasteiger partial charge is 0.475 e. The molecule has 2 aromatic heterocycles. The van der Waals surface area contributed by atoms with Crippen LogP contribution >= 0.6 is 0 Å². The maximum absolute atomic E-state index is 11.0. The average Bonchev–Trinajstić information content (AvgIpc) is 2.29. The van der Waals surface area contributed by atoms with Crippen LogP contribution in [0.2, 0.25) is 0 Å². The molecular weight excluding hydrogens is 255 g/mol. The van der Waals surface area contributed by atoms with Crippen molar-refractivity contribution in [2.75, 3.05) is 0 Å². The Labute approximate surface area is 97.1 Å². The highest BCUT2D eigenvalue weighted by Crippen LogP contribution is 2.13. The van der Waals surface area contributed by atoms with Crippen molar-refractivity contribution in [3.05, 3.63) is 35.1 Å². The van der Waals surface area contributed by atoms with Crippen LogP contribution in [0.25, 0.3) is 10.9 Å². The lowest BCUT2D eigenvalue weighted by Gasteiger charge is -1.93. The fraction of sp³-hybridized carbons (Fsp3) is 0.111. The first-order valence-electron chi connectivity index (χ1n) is 4.40. The minimum absolute atomic E-state index is 0.150. The Balaban J connectivity index is 0.000000203. The van der Waals surface area contributed by atoms with Crippen molar-refractivity contribution in [2.45, 2.75) is 6.18 Å². The number of pyridine rings is 1. The standard InChI is InChI=1S/C7H5N3O.C2HF3O2/c11-7-5-3-8-4-10-6(5)1-2-9-7;3-2(4,5)1(6)7/h1-4H,(H,9,11);(H,6,7). The van der Waals surface area contributed by atoms with E-state index in [1.807, 2.05) is 0 Å². The molecule has 2 rings (SSSR count). The van der Waals surface area contributed by atoms with Gasteiger partial charge in [0.25, 0.3) is 5.56 Å². The molecule has 18 heavy (non-hydrogen) atoms. The van der Waals surface area contributed by atoms with Crippen LogP contribution in [0.1, 0.15) is 0 Å². The quantitative estimate of drug-likeness (QED) is 0.736. The molecule has 0 aromatic carbocycles. The molecule has 0 bridgehead atoms. The molecule has 0 fully saturated rings. The lowest BCUT2D eigenvalue weighted by atomic mass is 10.3. The van der Waals surface area contributed by atoms with E-state index >= 15 is 0 Å². The molecule has 0 unspecified atom stereocenters. The molecule has 9 heteroatoms. The molecule has 6 nitrogen and oxygen atoms in total. The summed E-state index contributed by atoms with van der Waals surface area (Å²) in [7, 11) is 0. The molecule has 0 saturated carbocycles. The first kappa shape index (κ1) is 13.6. The van der Waals surface area contributed by atoms with Crippen molar-refractivity contribution in [1.82, 2.24) is 15.0 Å². The molecule has 2 heterocycles. The Bertz CT molecular complexity index is 604. The van der Waals surface area contributed by atoms with Crippen molar-refractivity contribution in [2.24, 2.45) is 0 Å². The van der Waals surface area contributed by atoms with Crippen molar-refractivity contribution in [3.63, 3.8) is 0 Å². The Hall–Kier alpha value is -2.45. The van der Waals surface area contributed by atoms with Crippen LogP contribution in [-0.2, 0) is 4.79 Å². The summed E-state index contributed by atoms with van der Waals surface area (Å²) in [6, 6.07) is 1.73. The van der Waals surface area contributed by atoms with E-state index in [2.05, 4.69) is 15.0 Å². The molecule has 2 aromatic rings. The summed E-state index contributed by atoms with van der Waals surface area (Å²) in [5, 5.41) is 7.65. The number of aromatic nitrogens is 3. The molecule has 0 atom stereocenters. The van der Waals surface area contributed by atoms with Crippen molar-refractivity contribution in [3.8, 4) is 0 Å². The molecule has 0 radical (unpaired) electrons. The van der Waals surface area contributed by atoms with Gasteiger partial charge in [-0.2, -0.15) is 13.2 Å². The minimum atomic E-state index is -5.08. The van der Waals surface area contributed by atoms with Gasteiger partial charge in [-0.25, -0.2) is 14.8 Å². The number of hydrogen-bond donors (Lipinski definition) is 2. The number of hydrogen-bond acceptors (Lipinski definition) is 4. The van der Waals surface area contributed by atoms with Gasteiger partial charge in [0.2, 0.25) is 0 Å². The number of halogens is 3. The summed E-state index contributed by atoms with van der Waals surface area (Å²) in [5.41, 5.74) is 0.520. The van der Waals surface area contributed by atoms with Crippen LogP contribution in [0.5, 0.6) is 0 Å². The third-order valence-corrected chi connectivity index (χ3v) is 1.69. The number of H-pyrrole nitrogens is 1. The fourth-order valence-electron chi connectivity index (χ4n) is 0.921. The van der Waals surface area contributed by atoms with Crippen LogP contribution < -0.4 is 5.56 Å². The minimum Gasteiger partial charge on any atom is -0.475 e. The molecule has 0 aliphatic carbocycles. The van der Waals surface area contributed by atoms with Gasteiger partial charge < -0.3 is 10.1 Å². The Morgan fingerprint density at radius 2 is 2.00 bits per heavy atom. The zero-order valence-corrected chi connectivity index (χ0v) is 8.60. The average molecular weight is 261 g/mol. The number of rotatable bonds is 0. The van der Waals surface area contributed by atoms with Gasteiger partial charge in [-0.05, 0) is 6.07 Å². The summed E-state index contributed by atoms with van der Waals surface area (Å²) in [6.07, 6.45) is -0.597. The van der Waals surface area contributed by atoms with E-state index < -0.39 is 12.1 Å². The second kappa shape index (κ2) is 5.25. The number of carboxylic acid groups (broad SMARTS) is 1. The Kier molecular flexibility index (Phi) is 3.97. The third kappa shape index (κ3) is 3.54. The Morgan fingerprint density at radius 1 is 1.39 bits per heavy atom. The van der Waals surface area contributed by atoms with E-state index in [0.717, 1.165) is 0 Å². The monoisotopic (exact) mass is 261 g/mol. The highest BCUT2D eigenvalue weighted by Gasteiger charge is 2.38. The lowest BCUT2D eigenvalue weighted by Crippen LogP contribution is -2.21. The van der Waals surface area contributed by atoms with E-state index in [1.54, 1.807) is 12.3 Å². The van der Waals surface area contributed by atoms with Gasteiger partial charge in [-0.15, -0.1) is 0 Å². The van der Waals surface area contributed by atoms with Gasteiger partial charge in [0.1, 0.15) is 6.33 Å². The lowest BCUT2D eigenvalue weighted by molar-refractivity contribution is -0.192. The van der Waals surface area contributed by atoms with Gasteiger partial charge in [0, 0.05) is 12.4 Å². The summed E-state index contributed by atoms with van der Waals surface area (Å²) in [6.45, 7) is 0. The molecular formula is C9H6F3N3O3. The predicted octanol–water partition coefficient (Wildman–Crippen LogP) is 0.951. The van der Waals surface area contributed by atoms with Gasteiger partial charge in [-0.1, -0.05) is 0 Å². The van der Waals surface area contributed by atoms with Crippen LogP contribution in [0.3, 0.4) is 0 Å². The highest BCUT2D eigenvalue weighted by molar-refractivity contribution is 5.75. The number of nitrogens with zero attached hydrogens (tertiary/aromatic N) is 2. The third-order valence-electron chi connectivity index (χ3n) is 1.69. The van der Waals surface area contributed by atoms with E-state index in [1.165, 1.54) is 12.5 Å². The predicted molar refractivity (Wildman–Crippen MR) is 53.8 cm³/mol. The molecule has 96 valence electrons. The maximum atomic E-state index is 11.0. The van der Waals surface area contributed by atoms with Crippen molar-refractivity contribution < 1.29 is 23.1 Å². The van der Waals surface area contributed by atoms with Crippen LogP contribution in [0.15, 0.2) is 29.6 Å². The van der Waals surface area contributed by atoms with Gasteiger partial charge in [-0.3, -0.25) is 4.79 Å². The number of alkyl halides is 3. The van der Waals surface area contributed by atoms with Gasteiger partial charge in [0.15, 0.2) is 0 Å². The van der Waals surface area contributed by atoms with Gasteiger partial charge >= 0.3 is 12.1 Å².